The van der Waals surface area contributed by atoms with Crippen molar-refractivity contribution in [2.45, 2.75) is 82.9 Å². The van der Waals surface area contributed by atoms with Gasteiger partial charge in [-0.2, -0.15) is 39.5 Å². The van der Waals surface area contributed by atoms with Crippen LogP contribution in [0.1, 0.15) is 70.2 Å². The molecule has 13 nitrogen and oxygen atoms in total. The number of H-pyrrole nitrogens is 1. The number of pyridine rings is 1. The number of imidazole rings is 1. The number of aliphatic carboxylic acids is 3. The van der Waals surface area contributed by atoms with Crippen molar-refractivity contribution in [1.29, 1.82) is 0 Å². The van der Waals surface area contributed by atoms with E-state index < -0.39 is 36.4 Å². The molecule has 5 N–H and O–H groups in total. The number of carboxylic acid groups (broad SMARTS) is 3. The minimum absolute atomic E-state index is 0.0540. The van der Waals surface area contributed by atoms with Gasteiger partial charge in [0.1, 0.15) is 11.6 Å². The molecule has 0 spiro atoms. The fourth-order valence-corrected chi connectivity index (χ4v) is 4.77. The predicted octanol–water partition coefficient (Wildman–Crippen LogP) is 6.95. The van der Waals surface area contributed by atoms with E-state index in [4.69, 9.17) is 29.7 Å². The number of nitrogens with one attached hydrogen (secondary N) is 2. The second kappa shape index (κ2) is 22.3. The number of fused-ring (bicyclic) bond motifs is 1. The van der Waals surface area contributed by atoms with Crippen LogP contribution in [0.4, 0.5) is 39.5 Å². The molecule has 1 amide bonds. The van der Waals surface area contributed by atoms with E-state index in [0.29, 0.717) is 18.6 Å². The fraction of sp³-hybridized carbons (Fsp3) is 0.500. The summed E-state index contributed by atoms with van der Waals surface area (Å²) < 4.78 is 95.2. The van der Waals surface area contributed by atoms with E-state index in [1.54, 1.807) is 6.20 Å². The first-order chi connectivity index (χ1) is 25.9. The highest BCUT2D eigenvalue weighted by molar-refractivity contribution is 5.83. The molecule has 1 aliphatic rings. The second-order valence-electron chi connectivity index (χ2n) is 12.1. The van der Waals surface area contributed by atoms with Crippen LogP contribution < -0.4 is 5.32 Å². The Bertz CT molecular complexity index is 1680. The van der Waals surface area contributed by atoms with E-state index in [9.17, 15) is 49.1 Å². The molecule has 4 rings (SSSR count). The summed E-state index contributed by atoms with van der Waals surface area (Å²) in [6.07, 6.45) is -4.96. The molecule has 22 heteroatoms. The zero-order valence-corrected chi connectivity index (χ0v) is 29.9. The Morgan fingerprint density at radius 1 is 0.839 bits per heavy atom. The molecular weight excluding hydrogens is 777 g/mol. The number of amides is 1. The Hall–Kier alpha value is -5.28. The summed E-state index contributed by atoms with van der Waals surface area (Å²) in [6, 6.07) is 9.99. The molecule has 3 heterocycles. The summed E-state index contributed by atoms with van der Waals surface area (Å²) >= 11 is 0. The van der Waals surface area contributed by atoms with Crippen LogP contribution in [-0.4, -0.2) is 103 Å². The lowest BCUT2D eigenvalue weighted by Gasteiger charge is -2.29. The molecular formula is C34H40F9N5O8. The zero-order chi connectivity index (χ0) is 42.9. The van der Waals surface area contributed by atoms with Gasteiger partial charge in [0, 0.05) is 35.9 Å². The van der Waals surface area contributed by atoms with Crippen molar-refractivity contribution >= 4 is 40.5 Å². The molecule has 1 atom stereocenters. The number of hydrogen-bond acceptors (Lipinski definition) is 8. The number of halogens is 9. The average Bonchev–Trinajstić information content (AvgIpc) is 3.61. The first kappa shape index (κ1) is 48.7. The summed E-state index contributed by atoms with van der Waals surface area (Å²) in [5.74, 6) is -6.99. The van der Waals surface area contributed by atoms with Gasteiger partial charge in [-0.3, -0.25) is 14.6 Å². The van der Waals surface area contributed by atoms with Crippen LogP contribution in [0.25, 0.3) is 22.2 Å². The van der Waals surface area contributed by atoms with Crippen LogP contribution in [0.5, 0.6) is 0 Å². The number of carboxylic acids is 3. The molecule has 0 unspecified atom stereocenters. The highest BCUT2D eigenvalue weighted by Gasteiger charge is 2.39. The van der Waals surface area contributed by atoms with Crippen molar-refractivity contribution in [3.05, 3.63) is 48.5 Å². The number of hydrogen-bond donors (Lipinski definition) is 5. The third-order valence-corrected chi connectivity index (χ3v) is 7.82. The SMILES string of the molecule is CCC(=O)CCCCC[C@H](NC(=O)C1CCN(C)CC1)c1ncc(-c2ccc3ncccc3c2)[nH]1.O=C(O)C(F)(F)F.O=C(O)C(F)(F)F.O=C(O)C(F)(F)F. The third-order valence-electron chi connectivity index (χ3n) is 7.82. The Balaban J connectivity index is 0.000000610. The van der Waals surface area contributed by atoms with E-state index in [1.807, 2.05) is 31.3 Å². The number of aromatic amines is 1. The van der Waals surface area contributed by atoms with Crippen LogP contribution in [0, 0.1) is 5.92 Å². The molecule has 312 valence electrons. The van der Waals surface area contributed by atoms with Crippen LogP contribution in [-0.2, 0) is 24.0 Å². The topological polar surface area (TPSA) is 203 Å². The number of carbonyl (C=O) groups is 5. The lowest BCUT2D eigenvalue weighted by Crippen LogP contribution is -2.40. The molecule has 1 saturated heterocycles. The molecule has 0 aliphatic carbocycles. The summed E-state index contributed by atoms with van der Waals surface area (Å²) in [7, 11) is 2.10. The standard InChI is InChI=1S/C28H37N5O2.3C2HF3O2/c1-3-23(34)9-5-4-6-10-25(32-28(35)20-13-16-33(2)17-14-20)27-30-19-26(31-27)22-11-12-24-21(18-22)8-7-15-29-24;3*3-2(4,5)1(6)7/h7-8,11-12,15,18-20,25H,3-6,9-10,13-14,16-17H2,1-2H3,(H,30,31)(H,32,35);3*(H,6,7)/t25-;;;/m0.../s1. The van der Waals surface area contributed by atoms with E-state index in [-0.39, 0.29) is 17.9 Å². The van der Waals surface area contributed by atoms with E-state index >= 15 is 0 Å². The van der Waals surface area contributed by atoms with Crippen LogP contribution in [0.15, 0.2) is 42.7 Å². The third kappa shape index (κ3) is 18.4. The van der Waals surface area contributed by atoms with Crippen molar-refractivity contribution in [3.63, 3.8) is 0 Å². The number of nitrogens with zero attached hydrogens (tertiary/aromatic N) is 3. The van der Waals surface area contributed by atoms with E-state index in [2.05, 4.69) is 44.3 Å². The van der Waals surface area contributed by atoms with Crippen molar-refractivity contribution in [2.24, 2.45) is 5.92 Å². The van der Waals surface area contributed by atoms with Gasteiger partial charge in [0.25, 0.3) is 0 Å². The number of alkyl halides is 9. The van der Waals surface area contributed by atoms with Gasteiger partial charge in [-0.1, -0.05) is 31.9 Å². The Kier molecular flexibility index (Phi) is 19.4. The Morgan fingerprint density at radius 3 is 1.88 bits per heavy atom. The Morgan fingerprint density at radius 2 is 1.38 bits per heavy atom. The molecule has 1 fully saturated rings. The lowest BCUT2D eigenvalue weighted by molar-refractivity contribution is -0.193. The van der Waals surface area contributed by atoms with Gasteiger partial charge in [0.15, 0.2) is 0 Å². The Labute approximate surface area is 313 Å². The number of carbonyl (C=O) groups excluding carboxylic acids is 2. The summed E-state index contributed by atoms with van der Waals surface area (Å²) in [5.41, 5.74) is 2.93. The normalized spacial score (nSPS) is 14.1. The van der Waals surface area contributed by atoms with Crippen molar-refractivity contribution in [1.82, 2.24) is 25.2 Å². The lowest BCUT2D eigenvalue weighted by atomic mass is 9.95. The summed E-state index contributed by atoms with van der Waals surface area (Å²) in [4.78, 5) is 66.2. The number of ketones is 1. The van der Waals surface area contributed by atoms with Crippen LogP contribution >= 0.6 is 0 Å². The molecule has 2 aromatic heterocycles. The highest BCUT2D eigenvalue weighted by atomic mass is 19.4. The first-order valence-corrected chi connectivity index (χ1v) is 16.7. The van der Waals surface area contributed by atoms with Gasteiger partial charge in [-0.05, 0) is 64.0 Å². The van der Waals surface area contributed by atoms with Crippen molar-refractivity contribution in [2.75, 3.05) is 20.1 Å². The van der Waals surface area contributed by atoms with Crippen LogP contribution in [0.3, 0.4) is 0 Å². The van der Waals surface area contributed by atoms with Gasteiger partial charge >= 0.3 is 36.4 Å². The minimum atomic E-state index is -5.08. The van der Waals surface area contributed by atoms with Crippen molar-refractivity contribution in [3.8, 4) is 11.3 Å². The minimum Gasteiger partial charge on any atom is -0.475 e. The first-order valence-electron chi connectivity index (χ1n) is 16.7. The molecule has 1 aliphatic heterocycles. The van der Waals surface area contributed by atoms with Gasteiger partial charge in [0.2, 0.25) is 5.91 Å². The maximum absolute atomic E-state index is 13.1. The van der Waals surface area contributed by atoms with Crippen LogP contribution in [0.2, 0.25) is 0 Å². The molecule has 0 radical (unpaired) electrons. The summed E-state index contributed by atoms with van der Waals surface area (Å²) in [6.45, 7) is 3.82. The number of Topliss-reactive ketones (excluding diaryl/α,β-unsaturated/α-hetero) is 1. The predicted molar refractivity (Wildman–Crippen MR) is 180 cm³/mol. The number of unbranched alkanes of at least 4 members (excludes halogenated alkanes) is 2. The van der Waals surface area contributed by atoms with E-state index in [1.165, 1.54) is 0 Å². The van der Waals surface area contributed by atoms with Crippen molar-refractivity contribution < 1.29 is 78.8 Å². The molecule has 56 heavy (non-hydrogen) atoms. The number of likely N-dealkylation sites (tertiary alicyclic amines) is 1. The van der Waals surface area contributed by atoms with Gasteiger partial charge in [-0.25, -0.2) is 19.4 Å². The number of aromatic nitrogens is 3. The highest BCUT2D eigenvalue weighted by Crippen LogP contribution is 2.26. The second-order valence-corrected chi connectivity index (χ2v) is 12.1. The maximum Gasteiger partial charge on any atom is 0.490 e. The van der Waals surface area contributed by atoms with Gasteiger partial charge in [-0.15, -0.1) is 0 Å². The number of piperidine rings is 1. The number of benzene rings is 1. The molecule has 1 aromatic carbocycles. The molecule has 0 saturated carbocycles. The number of rotatable bonds is 11. The fourth-order valence-electron chi connectivity index (χ4n) is 4.77. The quantitative estimate of drug-likeness (QED) is 0.0990. The van der Waals surface area contributed by atoms with E-state index in [0.717, 1.165) is 79.6 Å². The summed E-state index contributed by atoms with van der Waals surface area (Å²) in [5, 5.41) is 25.7. The van der Waals surface area contributed by atoms with Gasteiger partial charge < -0.3 is 30.5 Å². The average molecular weight is 818 g/mol. The molecule has 0 bridgehead atoms. The van der Waals surface area contributed by atoms with Gasteiger partial charge in [0.05, 0.1) is 23.4 Å². The molecule has 3 aromatic rings. The monoisotopic (exact) mass is 817 g/mol. The smallest absolute Gasteiger partial charge is 0.475 e. The largest absolute Gasteiger partial charge is 0.490 e. The zero-order valence-electron chi connectivity index (χ0n) is 29.9. The maximum atomic E-state index is 13.1.